The van der Waals surface area contributed by atoms with Gasteiger partial charge in [-0.15, -0.1) is 0 Å². The Morgan fingerprint density at radius 3 is 2.65 bits per heavy atom. The highest BCUT2D eigenvalue weighted by Gasteiger charge is 2.43. The minimum absolute atomic E-state index is 0.148. The molecule has 0 aliphatic heterocycles. The molecule has 2 nitrogen and oxygen atoms in total. The molecule has 0 aromatic rings. The van der Waals surface area contributed by atoms with Crippen LogP contribution in [0.2, 0.25) is 0 Å². The van der Waals surface area contributed by atoms with E-state index >= 15 is 0 Å². The van der Waals surface area contributed by atoms with Crippen LogP contribution in [0.4, 0.5) is 0 Å². The predicted molar refractivity (Wildman–Crippen MR) is 70.7 cm³/mol. The van der Waals surface area contributed by atoms with E-state index in [4.69, 9.17) is 0 Å². The van der Waals surface area contributed by atoms with Crippen LogP contribution in [-0.2, 0) is 4.79 Å². The van der Waals surface area contributed by atoms with Crippen molar-refractivity contribution in [3.8, 4) is 0 Å². The van der Waals surface area contributed by atoms with E-state index in [1.54, 1.807) is 0 Å². The highest BCUT2D eigenvalue weighted by molar-refractivity contribution is 5.93. The molecule has 2 aliphatic carbocycles. The summed E-state index contributed by atoms with van der Waals surface area (Å²) in [6.07, 6.45) is 11.2. The molecule has 2 heteroatoms. The molecule has 2 unspecified atom stereocenters. The molecule has 2 rings (SSSR count). The van der Waals surface area contributed by atoms with E-state index in [0.717, 1.165) is 23.8 Å². The number of nitrogens with one attached hydrogen (secondary N) is 1. The highest BCUT2D eigenvalue weighted by Crippen LogP contribution is 2.44. The van der Waals surface area contributed by atoms with Crippen molar-refractivity contribution < 1.29 is 4.79 Å². The minimum Gasteiger partial charge on any atom is -0.349 e. The molecule has 2 fully saturated rings. The fourth-order valence-corrected chi connectivity index (χ4v) is 3.15. The molecular weight excluding hydrogens is 210 g/mol. The summed E-state index contributed by atoms with van der Waals surface area (Å²) in [7, 11) is 0. The molecule has 0 aromatic carbocycles. The van der Waals surface area contributed by atoms with Crippen LogP contribution in [-0.4, -0.2) is 11.9 Å². The second-order valence-electron chi connectivity index (χ2n) is 5.67. The van der Waals surface area contributed by atoms with Gasteiger partial charge in [-0.1, -0.05) is 45.1 Å². The Morgan fingerprint density at radius 1 is 1.29 bits per heavy atom. The van der Waals surface area contributed by atoms with Crippen molar-refractivity contribution in [3.63, 3.8) is 0 Å². The lowest BCUT2D eigenvalue weighted by molar-refractivity contribution is -0.117. The molecule has 0 spiro atoms. The number of hydrogen-bond acceptors (Lipinski definition) is 1. The Morgan fingerprint density at radius 2 is 2.00 bits per heavy atom. The molecule has 0 saturated heterocycles. The molecule has 1 N–H and O–H groups in total. The summed E-state index contributed by atoms with van der Waals surface area (Å²) in [5.74, 6) is 1.83. The van der Waals surface area contributed by atoms with Crippen molar-refractivity contribution in [2.45, 2.75) is 64.8 Å². The largest absolute Gasteiger partial charge is 0.349 e. The minimum atomic E-state index is 0.148. The van der Waals surface area contributed by atoms with E-state index in [1.165, 1.54) is 38.5 Å². The van der Waals surface area contributed by atoms with Crippen molar-refractivity contribution in [2.24, 2.45) is 11.8 Å². The first-order chi connectivity index (χ1) is 8.22. The average Bonchev–Trinajstić information content (AvgIpc) is 3.10. The van der Waals surface area contributed by atoms with Crippen molar-refractivity contribution in [2.75, 3.05) is 0 Å². The van der Waals surface area contributed by atoms with Crippen LogP contribution in [0.5, 0.6) is 0 Å². The fraction of sp³-hybridized carbons (Fsp3) is 0.800. The van der Waals surface area contributed by atoms with Crippen molar-refractivity contribution >= 4 is 5.91 Å². The molecule has 96 valence electrons. The summed E-state index contributed by atoms with van der Waals surface area (Å²) in [5, 5.41) is 3.18. The topological polar surface area (TPSA) is 29.1 Å². The number of amides is 1. The maximum absolute atomic E-state index is 11.8. The maximum atomic E-state index is 11.8. The second-order valence-corrected chi connectivity index (χ2v) is 5.67. The van der Waals surface area contributed by atoms with Gasteiger partial charge in [-0.2, -0.15) is 0 Å². The quantitative estimate of drug-likeness (QED) is 0.743. The van der Waals surface area contributed by atoms with Gasteiger partial charge in [0.15, 0.2) is 0 Å². The summed E-state index contributed by atoms with van der Waals surface area (Å²) in [6.45, 7) is 3.98. The molecule has 0 bridgehead atoms. The van der Waals surface area contributed by atoms with Crippen molar-refractivity contribution in [1.82, 2.24) is 5.32 Å². The van der Waals surface area contributed by atoms with Crippen LogP contribution in [0.25, 0.3) is 0 Å². The molecule has 2 atom stereocenters. The number of hydrogen-bond donors (Lipinski definition) is 1. The Bertz CT molecular complexity index is 302. The van der Waals surface area contributed by atoms with Gasteiger partial charge < -0.3 is 5.32 Å². The van der Waals surface area contributed by atoms with Crippen molar-refractivity contribution in [1.29, 1.82) is 0 Å². The third-order valence-electron chi connectivity index (χ3n) is 4.28. The zero-order chi connectivity index (χ0) is 12.3. The molecule has 17 heavy (non-hydrogen) atoms. The number of carbonyl (C=O) groups is 1. The van der Waals surface area contributed by atoms with Crippen LogP contribution in [0.3, 0.4) is 0 Å². The third-order valence-corrected chi connectivity index (χ3v) is 4.28. The zero-order valence-corrected chi connectivity index (χ0v) is 11.2. The van der Waals surface area contributed by atoms with Crippen LogP contribution < -0.4 is 5.32 Å². The van der Waals surface area contributed by atoms with Gasteiger partial charge in [0.05, 0.1) is 0 Å². The Balaban J connectivity index is 1.75. The normalized spacial score (nSPS) is 30.1. The number of carbonyl (C=O) groups excluding carboxylic acids is 1. The van der Waals surface area contributed by atoms with E-state index in [2.05, 4.69) is 12.2 Å². The van der Waals surface area contributed by atoms with Gasteiger partial charge in [-0.25, -0.2) is 0 Å². The maximum Gasteiger partial charge on any atom is 0.246 e. The SMILES string of the molecule is CC/C=C(/C)C(=O)NC1CC1C1CCCCC1. The predicted octanol–water partition coefficient (Wildman–Crippen LogP) is 3.43. The number of allylic oxidation sites excluding steroid dienone is 1. The van der Waals surface area contributed by atoms with E-state index in [1.807, 2.05) is 13.0 Å². The van der Waals surface area contributed by atoms with Gasteiger partial charge in [0.1, 0.15) is 0 Å². The molecule has 1 amide bonds. The Hall–Kier alpha value is -0.790. The van der Waals surface area contributed by atoms with Gasteiger partial charge in [-0.3, -0.25) is 4.79 Å². The number of rotatable bonds is 4. The third kappa shape index (κ3) is 3.34. The summed E-state index contributed by atoms with van der Waals surface area (Å²) >= 11 is 0. The van der Waals surface area contributed by atoms with Gasteiger partial charge in [0.2, 0.25) is 5.91 Å². The highest BCUT2D eigenvalue weighted by atomic mass is 16.1. The second kappa shape index (κ2) is 5.70. The summed E-state index contributed by atoms with van der Waals surface area (Å²) in [5.41, 5.74) is 0.877. The van der Waals surface area contributed by atoms with Crippen LogP contribution in [0.1, 0.15) is 58.8 Å². The van der Waals surface area contributed by atoms with Crippen molar-refractivity contribution in [3.05, 3.63) is 11.6 Å². The van der Waals surface area contributed by atoms with Gasteiger partial charge in [0, 0.05) is 11.6 Å². The van der Waals surface area contributed by atoms with Gasteiger partial charge in [0.25, 0.3) is 0 Å². The smallest absolute Gasteiger partial charge is 0.246 e. The lowest BCUT2D eigenvalue weighted by Crippen LogP contribution is -2.29. The van der Waals surface area contributed by atoms with E-state index < -0.39 is 0 Å². The molecule has 0 radical (unpaired) electrons. The van der Waals surface area contributed by atoms with E-state index in [-0.39, 0.29) is 5.91 Å². The molecule has 2 aliphatic rings. The molecule has 2 saturated carbocycles. The molecule has 0 aromatic heterocycles. The fourth-order valence-electron chi connectivity index (χ4n) is 3.15. The summed E-state index contributed by atoms with van der Waals surface area (Å²) < 4.78 is 0. The Labute approximate surface area is 105 Å². The van der Waals surface area contributed by atoms with Crippen LogP contribution in [0, 0.1) is 11.8 Å². The zero-order valence-electron chi connectivity index (χ0n) is 11.2. The lowest BCUT2D eigenvalue weighted by atomic mass is 9.85. The lowest BCUT2D eigenvalue weighted by Gasteiger charge is -2.21. The van der Waals surface area contributed by atoms with Crippen LogP contribution in [0.15, 0.2) is 11.6 Å². The van der Waals surface area contributed by atoms with Gasteiger partial charge in [-0.05, 0) is 31.6 Å². The first kappa shape index (κ1) is 12.7. The molecular formula is C15H25NO. The summed E-state index contributed by atoms with van der Waals surface area (Å²) in [6, 6.07) is 0.478. The standard InChI is InChI=1S/C15H25NO/c1-3-7-11(2)15(17)16-14-10-13(14)12-8-5-4-6-9-12/h7,12-14H,3-6,8-10H2,1-2H3,(H,16,17)/b11-7-. The first-order valence-electron chi connectivity index (χ1n) is 7.20. The first-order valence-corrected chi connectivity index (χ1v) is 7.20. The molecule has 0 heterocycles. The van der Waals surface area contributed by atoms with E-state index in [0.29, 0.717) is 6.04 Å². The van der Waals surface area contributed by atoms with Gasteiger partial charge >= 0.3 is 0 Å². The van der Waals surface area contributed by atoms with E-state index in [9.17, 15) is 4.79 Å². The average molecular weight is 235 g/mol. The Kier molecular flexibility index (Phi) is 4.25. The monoisotopic (exact) mass is 235 g/mol. The summed E-state index contributed by atoms with van der Waals surface area (Å²) in [4.78, 5) is 11.8. The van der Waals surface area contributed by atoms with Crippen LogP contribution >= 0.6 is 0 Å².